The van der Waals surface area contributed by atoms with Crippen LogP contribution in [-0.2, 0) is 4.79 Å². The standard InChI is InChI=1S/C13H17N3O3/c1-8-3-4-10(7-11(8)16(18)19)15-13(17)12-9(2)5-6-14-12/h3-4,7,9,12,14H,5-6H2,1-2H3,(H,15,17). The quantitative estimate of drug-likeness (QED) is 0.643. The lowest BCUT2D eigenvalue weighted by Gasteiger charge is -2.15. The molecule has 0 radical (unpaired) electrons. The molecule has 1 aliphatic rings. The summed E-state index contributed by atoms with van der Waals surface area (Å²) in [7, 11) is 0. The summed E-state index contributed by atoms with van der Waals surface area (Å²) < 4.78 is 0. The SMILES string of the molecule is Cc1ccc(NC(=O)C2NCCC2C)cc1[N+](=O)[O-]. The van der Waals surface area contributed by atoms with Gasteiger partial charge in [-0.3, -0.25) is 14.9 Å². The van der Waals surface area contributed by atoms with Crippen LogP contribution in [0.5, 0.6) is 0 Å². The second kappa shape index (κ2) is 5.36. The molecule has 0 bridgehead atoms. The van der Waals surface area contributed by atoms with Crippen molar-refractivity contribution in [1.82, 2.24) is 5.32 Å². The normalized spacial score (nSPS) is 22.2. The Hall–Kier alpha value is -1.95. The predicted octanol–water partition coefficient (Wildman–Crippen LogP) is 1.84. The van der Waals surface area contributed by atoms with Crippen molar-refractivity contribution in [2.24, 2.45) is 5.92 Å². The van der Waals surface area contributed by atoms with Crippen molar-refractivity contribution >= 4 is 17.3 Å². The fourth-order valence-electron chi connectivity index (χ4n) is 2.29. The van der Waals surface area contributed by atoms with Gasteiger partial charge in [0.1, 0.15) is 0 Å². The number of nitro benzene ring substituents is 1. The molecule has 2 rings (SSSR count). The van der Waals surface area contributed by atoms with Gasteiger partial charge in [0.2, 0.25) is 5.91 Å². The Labute approximate surface area is 111 Å². The number of aryl methyl sites for hydroxylation is 1. The summed E-state index contributed by atoms with van der Waals surface area (Å²) in [6.07, 6.45) is 0.964. The molecule has 6 heteroatoms. The fraction of sp³-hybridized carbons (Fsp3) is 0.462. The first-order valence-corrected chi connectivity index (χ1v) is 6.28. The number of nitro groups is 1. The Kier molecular flexibility index (Phi) is 3.80. The van der Waals surface area contributed by atoms with E-state index in [-0.39, 0.29) is 23.6 Å². The van der Waals surface area contributed by atoms with Gasteiger partial charge in [0.05, 0.1) is 11.0 Å². The van der Waals surface area contributed by atoms with Gasteiger partial charge in [-0.05, 0) is 31.9 Å². The number of hydrogen-bond acceptors (Lipinski definition) is 4. The molecule has 2 N–H and O–H groups in total. The molecule has 0 aliphatic carbocycles. The third-order valence-corrected chi connectivity index (χ3v) is 3.49. The van der Waals surface area contributed by atoms with E-state index in [1.807, 2.05) is 6.92 Å². The van der Waals surface area contributed by atoms with E-state index in [0.29, 0.717) is 11.3 Å². The number of carbonyl (C=O) groups is 1. The zero-order chi connectivity index (χ0) is 14.0. The van der Waals surface area contributed by atoms with E-state index in [2.05, 4.69) is 10.6 Å². The van der Waals surface area contributed by atoms with Crippen LogP contribution in [0.2, 0.25) is 0 Å². The second-order valence-corrected chi connectivity index (χ2v) is 4.95. The first kappa shape index (κ1) is 13.5. The van der Waals surface area contributed by atoms with Crippen molar-refractivity contribution in [1.29, 1.82) is 0 Å². The van der Waals surface area contributed by atoms with Crippen LogP contribution in [0.15, 0.2) is 18.2 Å². The van der Waals surface area contributed by atoms with Crippen molar-refractivity contribution in [3.05, 3.63) is 33.9 Å². The van der Waals surface area contributed by atoms with Gasteiger partial charge in [0.25, 0.3) is 5.69 Å². The first-order chi connectivity index (χ1) is 8.99. The lowest BCUT2D eigenvalue weighted by atomic mass is 10.0. The monoisotopic (exact) mass is 263 g/mol. The van der Waals surface area contributed by atoms with E-state index in [9.17, 15) is 14.9 Å². The van der Waals surface area contributed by atoms with Crippen LogP contribution >= 0.6 is 0 Å². The van der Waals surface area contributed by atoms with E-state index >= 15 is 0 Å². The van der Waals surface area contributed by atoms with Crippen LogP contribution in [0, 0.1) is 23.0 Å². The third kappa shape index (κ3) is 2.90. The summed E-state index contributed by atoms with van der Waals surface area (Å²) in [6.45, 7) is 4.51. The van der Waals surface area contributed by atoms with Crippen LogP contribution in [0.3, 0.4) is 0 Å². The summed E-state index contributed by atoms with van der Waals surface area (Å²) in [5, 5.41) is 16.7. The fourth-order valence-corrected chi connectivity index (χ4v) is 2.29. The maximum absolute atomic E-state index is 12.0. The molecular weight excluding hydrogens is 246 g/mol. The number of amides is 1. The molecule has 1 amide bonds. The van der Waals surface area contributed by atoms with Crippen LogP contribution < -0.4 is 10.6 Å². The minimum absolute atomic E-state index is 0.0187. The summed E-state index contributed by atoms with van der Waals surface area (Å²) >= 11 is 0. The molecule has 1 aliphatic heterocycles. The first-order valence-electron chi connectivity index (χ1n) is 6.28. The molecule has 0 spiro atoms. The lowest BCUT2D eigenvalue weighted by molar-refractivity contribution is -0.385. The van der Waals surface area contributed by atoms with E-state index in [1.165, 1.54) is 6.07 Å². The molecule has 2 atom stereocenters. The van der Waals surface area contributed by atoms with E-state index < -0.39 is 4.92 Å². The molecule has 1 aromatic rings. The number of benzene rings is 1. The van der Waals surface area contributed by atoms with Gasteiger partial charge in [-0.1, -0.05) is 13.0 Å². The average molecular weight is 263 g/mol. The molecule has 6 nitrogen and oxygen atoms in total. The molecule has 0 saturated carbocycles. The smallest absolute Gasteiger partial charge is 0.274 e. The average Bonchev–Trinajstić information content (AvgIpc) is 2.77. The summed E-state index contributed by atoms with van der Waals surface area (Å²) in [4.78, 5) is 22.5. The van der Waals surface area contributed by atoms with Gasteiger partial charge in [-0.25, -0.2) is 0 Å². The predicted molar refractivity (Wildman–Crippen MR) is 72.0 cm³/mol. The molecule has 2 unspecified atom stereocenters. The largest absolute Gasteiger partial charge is 0.324 e. The Bertz CT molecular complexity index is 516. The van der Waals surface area contributed by atoms with Crippen molar-refractivity contribution in [2.45, 2.75) is 26.3 Å². The van der Waals surface area contributed by atoms with E-state index in [0.717, 1.165) is 13.0 Å². The van der Waals surface area contributed by atoms with Gasteiger partial charge >= 0.3 is 0 Å². The summed E-state index contributed by atoms with van der Waals surface area (Å²) in [5.41, 5.74) is 1.06. The van der Waals surface area contributed by atoms with Crippen molar-refractivity contribution in [3.8, 4) is 0 Å². The van der Waals surface area contributed by atoms with Crippen LogP contribution in [0.4, 0.5) is 11.4 Å². The molecule has 19 heavy (non-hydrogen) atoms. The topological polar surface area (TPSA) is 84.3 Å². The van der Waals surface area contributed by atoms with Crippen LogP contribution in [-0.4, -0.2) is 23.4 Å². The van der Waals surface area contributed by atoms with Gasteiger partial charge in [-0.2, -0.15) is 0 Å². The summed E-state index contributed by atoms with van der Waals surface area (Å²) in [5.74, 6) is 0.142. The zero-order valence-electron chi connectivity index (χ0n) is 11.0. The Morgan fingerprint density at radius 2 is 2.26 bits per heavy atom. The molecule has 1 heterocycles. The molecule has 102 valence electrons. The molecule has 0 aromatic heterocycles. The Morgan fingerprint density at radius 3 is 2.84 bits per heavy atom. The zero-order valence-corrected chi connectivity index (χ0v) is 11.0. The minimum atomic E-state index is -0.443. The Balaban J connectivity index is 2.13. The van der Waals surface area contributed by atoms with Gasteiger partial charge in [0.15, 0.2) is 0 Å². The number of anilines is 1. The molecule has 1 fully saturated rings. The number of carbonyl (C=O) groups excluding carboxylic acids is 1. The maximum Gasteiger partial charge on any atom is 0.274 e. The summed E-state index contributed by atoms with van der Waals surface area (Å²) in [6, 6.07) is 4.49. The number of nitrogens with zero attached hydrogens (tertiary/aromatic N) is 1. The highest BCUT2D eigenvalue weighted by molar-refractivity contribution is 5.95. The number of nitrogens with one attached hydrogen (secondary N) is 2. The highest BCUT2D eigenvalue weighted by Crippen LogP contribution is 2.23. The van der Waals surface area contributed by atoms with Gasteiger partial charge in [0, 0.05) is 17.3 Å². The third-order valence-electron chi connectivity index (χ3n) is 3.49. The number of rotatable bonds is 3. The van der Waals surface area contributed by atoms with Gasteiger partial charge < -0.3 is 10.6 Å². The van der Waals surface area contributed by atoms with E-state index in [4.69, 9.17) is 0 Å². The lowest BCUT2D eigenvalue weighted by Crippen LogP contribution is -2.39. The van der Waals surface area contributed by atoms with Crippen molar-refractivity contribution in [2.75, 3.05) is 11.9 Å². The molecule has 1 saturated heterocycles. The van der Waals surface area contributed by atoms with Crippen LogP contribution in [0.25, 0.3) is 0 Å². The molecule has 1 aromatic carbocycles. The van der Waals surface area contributed by atoms with Crippen molar-refractivity contribution < 1.29 is 9.72 Å². The highest BCUT2D eigenvalue weighted by atomic mass is 16.6. The van der Waals surface area contributed by atoms with Crippen LogP contribution in [0.1, 0.15) is 18.9 Å². The highest BCUT2D eigenvalue weighted by Gasteiger charge is 2.29. The Morgan fingerprint density at radius 1 is 1.53 bits per heavy atom. The van der Waals surface area contributed by atoms with Crippen molar-refractivity contribution in [3.63, 3.8) is 0 Å². The maximum atomic E-state index is 12.0. The van der Waals surface area contributed by atoms with E-state index in [1.54, 1.807) is 19.1 Å². The molecular formula is C13H17N3O3. The van der Waals surface area contributed by atoms with Gasteiger partial charge in [-0.15, -0.1) is 0 Å². The second-order valence-electron chi connectivity index (χ2n) is 4.95. The minimum Gasteiger partial charge on any atom is -0.324 e. The number of hydrogen-bond donors (Lipinski definition) is 2.